The van der Waals surface area contributed by atoms with Crippen LogP contribution in [0.4, 0.5) is 5.69 Å². The first kappa shape index (κ1) is 10.0. The van der Waals surface area contributed by atoms with Gasteiger partial charge in [-0.1, -0.05) is 17.7 Å². The van der Waals surface area contributed by atoms with Gasteiger partial charge in [0.25, 0.3) is 0 Å². The molecule has 0 atom stereocenters. The molecule has 1 aromatic rings. The van der Waals surface area contributed by atoms with E-state index in [9.17, 15) is 4.79 Å². The van der Waals surface area contributed by atoms with Crippen LogP contribution in [0.15, 0.2) is 12.1 Å². The molecule has 0 amide bonds. The lowest BCUT2D eigenvalue weighted by Gasteiger charge is -2.07. The summed E-state index contributed by atoms with van der Waals surface area (Å²) in [5, 5.41) is 9.11. The van der Waals surface area contributed by atoms with E-state index in [-0.39, 0.29) is 23.1 Å². The fourth-order valence-electron chi connectivity index (χ4n) is 1.07. The highest BCUT2D eigenvalue weighted by Crippen LogP contribution is 2.27. The van der Waals surface area contributed by atoms with Crippen LogP contribution in [0.25, 0.3) is 0 Å². The number of benzene rings is 1. The molecule has 1 rings (SSSR count). The zero-order valence-corrected chi connectivity index (χ0v) is 7.93. The number of nitrogen functional groups attached to an aromatic ring is 1. The molecule has 0 bridgehead atoms. The molecule has 0 aromatic heterocycles. The van der Waals surface area contributed by atoms with Crippen molar-refractivity contribution in [2.24, 2.45) is 0 Å². The van der Waals surface area contributed by atoms with E-state index in [1.165, 1.54) is 6.92 Å². The molecule has 3 nitrogen and oxygen atoms in total. The van der Waals surface area contributed by atoms with E-state index in [2.05, 4.69) is 0 Å². The molecule has 4 heteroatoms. The first-order valence-electron chi connectivity index (χ1n) is 3.76. The number of hydrogen-bond donors (Lipinski definition) is 2. The number of carbonyl (C=O) groups excluding carboxylic acids is 1. The maximum atomic E-state index is 11.0. The van der Waals surface area contributed by atoms with Gasteiger partial charge in [0.05, 0.1) is 17.3 Å². The third kappa shape index (κ3) is 1.82. The van der Waals surface area contributed by atoms with E-state index in [4.69, 9.17) is 22.4 Å². The minimum atomic E-state index is -0.179. The molecule has 0 aliphatic rings. The van der Waals surface area contributed by atoms with Gasteiger partial charge in [-0.2, -0.15) is 0 Å². The highest BCUT2D eigenvalue weighted by Gasteiger charge is 2.10. The predicted octanol–water partition coefficient (Wildman–Crippen LogP) is 1.62. The second kappa shape index (κ2) is 3.77. The quantitative estimate of drug-likeness (QED) is 0.562. The molecule has 0 aliphatic heterocycles. The maximum Gasteiger partial charge on any atom is 0.161 e. The van der Waals surface area contributed by atoms with Crippen molar-refractivity contribution >= 4 is 23.1 Å². The molecule has 0 saturated carbocycles. The molecule has 0 aliphatic carbocycles. The summed E-state index contributed by atoms with van der Waals surface area (Å²) in [5.41, 5.74) is 6.76. The fourth-order valence-corrected chi connectivity index (χ4v) is 1.29. The maximum absolute atomic E-state index is 11.0. The summed E-state index contributed by atoms with van der Waals surface area (Å²) in [6, 6.07) is 3.16. The highest BCUT2D eigenvalue weighted by molar-refractivity contribution is 6.34. The minimum absolute atomic E-state index is 0.135. The van der Waals surface area contributed by atoms with Crippen molar-refractivity contribution in [3.8, 4) is 0 Å². The SMILES string of the molecule is CC(=O)c1ccc(CO)c(Cl)c1N. The largest absolute Gasteiger partial charge is 0.397 e. The van der Waals surface area contributed by atoms with Crippen molar-refractivity contribution in [1.82, 2.24) is 0 Å². The van der Waals surface area contributed by atoms with Crippen LogP contribution in [-0.4, -0.2) is 10.9 Å². The average molecular weight is 200 g/mol. The van der Waals surface area contributed by atoms with E-state index >= 15 is 0 Å². The predicted molar refractivity (Wildman–Crippen MR) is 51.8 cm³/mol. The Morgan fingerprint density at radius 2 is 2.23 bits per heavy atom. The number of aliphatic hydroxyl groups is 1. The summed E-state index contributed by atoms with van der Waals surface area (Å²) in [4.78, 5) is 11.0. The lowest BCUT2D eigenvalue weighted by Crippen LogP contribution is -2.02. The smallest absolute Gasteiger partial charge is 0.161 e. The number of nitrogens with two attached hydrogens (primary N) is 1. The zero-order valence-electron chi connectivity index (χ0n) is 7.17. The number of carbonyl (C=O) groups is 1. The molecule has 13 heavy (non-hydrogen) atoms. The molecule has 0 heterocycles. The Bertz CT molecular complexity index is 350. The van der Waals surface area contributed by atoms with Gasteiger partial charge >= 0.3 is 0 Å². The minimum Gasteiger partial charge on any atom is -0.397 e. The molecule has 0 saturated heterocycles. The van der Waals surface area contributed by atoms with Crippen LogP contribution >= 0.6 is 11.6 Å². The van der Waals surface area contributed by atoms with Gasteiger partial charge in [-0.15, -0.1) is 0 Å². The first-order valence-corrected chi connectivity index (χ1v) is 4.14. The second-order valence-electron chi connectivity index (χ2n) is 2.71. The number of hydrogen-bond acceptors (Lipinski definition) is 3. The Kier molecular flexibility index (Phi) is 2.90. The highest BCUT2D eigenvalue weighted by atomic mass is 35.5. The van der Waals surface area contributed by atoms with E-state index in [0.717, 1.165) is 0 Å². The first-order chi connectivity index (χ1) is 6.07. The van der Waals surface area contributed by atoms with Gasteiger partial charge in [-0.3, -0.25) is 4.79 Å². The molecule has 70 valence electrons. The summed E-state index contributed by atoms with van der Waals surface area (Å²) < 4.78 is 0. The number of ketones is 1. The second-order valence-corrected chi connectivity index (χ2v) is 3.09. The lowest BCUT2D eigenvalue weighted by molar-refractivity contribution is 0.101. The Balaban J connectivity index is 3.31. The van der Waals surface area contributed by atoms with Crippen molar-refractivity contribution in [1.29, 1.82) is 0 Å². The monoisotopic (exact) mass is 199 g/mol. The summed E-state index contributed by atoms with van der Waals surface area (Å²) in [5.74, 6) is -0.135. The summed E-state index contributed by atoms with van der Waals surface area (Å²) >= 11 is 5.81. The Labute approximate surface area is 81.1 Å². The van der Waals surface area contributed by atoms with E-state index in [1.54, 1.807) is 12.1 Å². The third-order valence-corrected chi connectivity index (χ3v) is 2.26. The van der Waals surface area contributed by atoms with Crippen LogP contribution < -0.4 is 5.73 Å². The van der Waals surface area contributed by atoms with Gasteiger partial charge in [-0.25, -0.2) is 0 Å². The van der Waals surface area contributed by atoms with Crippen LogP contribution in [0.2, 0.25) is 5.02 Å². The molecule has 3 N–H and O–H groups in total. The Morgan fingerprint density at radius 3 is 2.69 bits per heavy atom. The molecule has 0 spiro atoms. The van der Waals surface area contributed by atoms with Crippen molar-refractivity contribution in [2.45, 2.75) is 13.5 Å². The number of halogens is 1. The molecular formula is C9H10ClNO2. The van der Waals surface area contributed by atoms with Crippen LogP contribution in [0.1, 0.15) is 22.8 Å². The number of Topliss-reactive ketones (excluding diaryl/α,β-unsaturated/α-hetero) is 1. The Morgan fingerprint density at radius 1 is 1.62 bits per heavy atom. The summed E-state index contributed by atoms with van der Waals surface area (Å²) in [7, 11) is 0. The lowest BCUT2D eigenvalue weighted by atomic mass is 10.1. The van der Waals surface area contributed by atoms with E-state index < -0.39 is 0 Å². The average Bonchev–Trinajstić information content (AvgIpc) is 2.09. The third-order valence-electron chi connectivity index (χ3n) is 1.81. The Hall–Kier alpha value is -1.06. The van der Waals surface area contributed by atoms with Gasteiger partial charge in [0.15, 0.2) is 5.78 Å². The molecule has 0 fully saturated rings. The normalized spacial score (nSPS) is 10.1. The van der Waals surface area contributed by atoms with E-state index in [0.29, 0.717) is 11.1 Å². The molecular weight excluding hydrogens is 190 g/mol. The fraction of sp³-hybridized carbons (Fsp3) is 0.222. The standard InChI is InChI=1S/C9H10ClNO2/c1-5(13)7-3-2-6(4-12)8(10)9(7)11/h2-3,12H,4,11H2,1H3. The molecule has 1 aromatic carbocycles. The number of rotatable bonds is 2. The van der Waals surface area contributed by atoms with E-state index in [1.807, 2.05) is 0 Å². The molecule has 0 radical (unpaired) electrons. The topological polar surface area (TPSA) is 63.3 Å². The zero-order chi connectivity index (χ0) is 10.0. The van der Waals surface area contributed by atoms with Crippen LogP contribution in [0.5, 0.6) is 0 Å². The summed E-state index contributed by atoms with van der Waals surface area (Å²) in [6.45, 7) is 1.24. The van der Waals surface area contributed by atoms with Gasteiger partial charge in [0.1, 0.15) is 0 Å². The van der Waals surface area contributed by atoms with Crippen molar-refractivity contribution in [2.75, 3.05) is 5.73 Å². The molecule has 0 unspecified atom stereocenters. The van der Waals surface area contributed by atoms with Gasteiger partial charge in [-0.05, 0) is 18.6 Å². The summed E-state index contributed by atoms with van der Waals surface area (Å²) in [6.07, 6.45) is 0. The van der Waals surface area contributed by atoms with Crippen molar-refractivity contribution < 1.29 is 9.90 Å². The van der Waals surface area contributed by atoms with Crippen molar-refractivity contribution in [3.63, 3.8) is 0 Å². The van der Waals surface area contributed by atoms with Crippen LogP contribution in [0.3, 0.4) is 0 Å². The number of aliphatic hydroxyl groups excluding tert-OH is 1. The van der Waals surface area contributed by atoms with Crippen LogP contribution in [0, 0.1) is 0 Å². The number of anilines is 1. The van der Waals surface area contributed by atoms with Crippen LogP contribution in [-0.2, 0) is 6.61 Å². The van der Waals surface area contributed by atoms with Gasteiger partial charge < -0.3 is 10.8 Å². The van der Waals surface area contributed by atoms with Gasteiger partial charge in [0.2, 0.25) is 0 Å². The van der Waals surface area contributed by atoms with Gasteiger partial charge in [0, 0.05) is 5.56 Å². The van der Waals surface area contributed by atoms with Crippen molar-refractivity contribution in [3.05, 3.63) is 28.3 Å².